The van der Waals surface area contributed by atoms with Gasteiger partial charge in [-0.15, -0.1) is 0 Å². The molecule has 1 aromatic rings. The van der Waals surface area contributed by atoms with Gasteiger partial charge in [0.25, 0.3) is 0 Å². The Labute approximate surface area is 188 Å². The van der Waals surface area contributed by atoms with E-state index in [0.29, 0.717) is 23.1 Å². The van der Waals surface area contributed by atoms with Crippen molar-refractivity contribution >= 4 is 35.1 Å². The highest BCUT2D eigenvalue weighted by Crippen LogP contribution is 2.62. The molecule has 2 saturated carbocycles. The third-order valence-corrected chi connectivity index (χ3v) is 6.09. The lowest BCUT2D eigenvalue weighted by molar-refractivity contribution is -0.167. The second-order valence-corrected chi connectivity index (χ2v) is 11.0. The Morgan fingerprint density at radius 3 is 2.03 bits per heavy atom. The standard InChI is InChI=1S/C23H30Cl2O5/c1-22(2,3)29-20(26)18-13-10-16(19(17(13)18)21(27)30-23(4,5)6)28-11-12-7-8-14(24)15(25)9-12/h7-9,13,16-19H,10-11H2,1-6H3. The molecule has 5 atom stereocenters. The Bertz CT molecular complexity index is 824. The molecule has 0 aromatic heterocycles. The van der Waals surface area contributed by atoms with Crippen molar-refractivity contribution in [1.82, 2.24) is 0 Å². The summed E-state index contributed by atoms with van der Waals surface area (Å²) in [5.74, 6) is -1.35. The lowest BCUT2D eigenvalue weighted by Crippen LogP contribution is -2.37. The van der Waals surface area contributed by atoms with Crippen molar-refractivity contribution in [3.63, 3.8) is 0 Å². The highest BCUT2D eigenvalue weighted by molar-refractivity contribution is 6.42. The molecule has 0 heterocycles. The van der Waals surface area contributed by atoms with Gasteiger partial charge in [0.1, 0.15) is 11.2 Å². The number of carbonyl (C=O) groups is 2. The fourth-order valence-corrected chi connectivity index (χ4v) is 4.56. The van der Waals surface area contributed by atoms with Crippen molar-refractivity contribution in [2.75, 3.05) is 0 Å². The fraction of sp³-hybridized carbons (Fsp3) is 0.652. The minimum Gasteiger partial charge on any atom is -0.460 e. The lowest BCUT2D eigenvalue weighted by atomic mass is 9.96. The molecule has 2 aliphatic rings. The summed E-state index contributed by atoms with van der Waals surface area (Å²) in [6.07, 6.45) is 0.308. The lowest BCUT2D eigenvalue weighted by Gasteiger charge is -2.28. The van der Waals surface area contributed by atoms with E-state index in [1.807, 2.05) is 47.6 Å². The van der Waals surface area contributed by atoms with E-state index in [1.165, 1.54) is 0 Å². The third-order valence-electron chi connectivity index (χ3n) is 5.36. The van der Waals surface area contributed by atoms with E-state index in [-0.39, 0.29) is 35.8 Å². The van der Waals surface area contributed by atoms with Gasteiger partial charge in [-0.3, -0.25) is 9.59 Å². The predicted octanol–water partition coefficient (Wildman–Crippen LogP) is 5.44. The Morgan fingerprint density at radius 2 is 1.50 bits per heavy atom. The molecule has 5 unspecified atom stereocenters. The first-order chi connectivity index (χ1) is 13.8. The number of hydrogen-bond donors (Lipinski definition) is 0. The van der Waals surface area contributed by atoms with Crippen LogP contribution in [-0.2, 0) is 30.4 Å². The second kappa shape index (κ2) is 8.33. The van der Waals surface area contributed by atoms with Gasteiger partial charge in [0.15, 0.2) is 0 Å². The number of fused-ring (bicyclic) bond motifs is 1. The van der Waals surface area contributed by atoms with E-state index in [0.717, 1.165) is 5.56 Å². The van der Waals surface area contributed by atoms with Gasteiger partial charge >= 0.3 is 11.9 Å². The van der Waals surface area contributed by atoms with Crippen LogP contribution in [0.15, 0.2) is 18.2 Å². The normalized spacial score (nSPS) is 28.1. The number of esters is 2. The number of hydrogen-bond acceptors (Lipinski definition) is 5. The predicted molar refractivity (Wildman–Crippen MR) is 115 cm³/mol. The maximum atomic E-state index is 13.0. The molecule has 3 rings (SSSR count). The van der Waals surface area contributed by atoms with Crippen molar-refractivity contribution < 1.29 is 23.8 Å². The van der Waals surface area contributed by atoms with E-state index in [9.17, 15) is 9.59 Å². The molecular formula is C23H30Cl2O5. The van der Waals surface area contributed by atoms with Gasteiger partial charge in [-0.25, -0.2) is 0 Å². The highest BCUT2D eigenvalue weighted by atomic mass is 35.5. The molecule has 0 spiro atoms. The Balaban J connectivity index is 1.71. The van der Waals surface area contributed by atoms with Crippen molar-refractivity contribution in [3.8, 4) is 0 Å². The summed E-state index contributed by atoms with van der Waals surface area (Å²) in [6.45, 7) is 11.3. The molecule has 0 aliphatic heterocycles. The summed E-state index contributed by atoms with van der Waals surface area (Å²) in [7, 11) is 0. The summed E-state index contributed by atoms with van der Waals surface area (Å²) >= 11 is 12.1. The van der Waals surface area contributed by atoms with E-state index in [4.69, 9.17) is 37.4 Å². The maximum absolute atomic E-state index is 13.0. The average Bonchev–Trinajstić information content (AvgIpc) is 3.14. The van der Waals surface area contributed by atoms with Gasteiger partial charge in [0.05, 0.1) is 34.6 Å². The van der Waals surface area contributed by atoms with Crippen molar-refractivity contribution in [2.45, 2.75) is 71.9 Å². The minimum atomic E-state index is -0.611. The van der Waals surface area contributed by atoms with Gasteiger partial charge < -0.3 is 14.2 Å². The van der Waals surface area contributed by atoms with E-state index >= 15 is 0 Å². The third kappa shape index (κ3) is 5.49. The molecule has 2 aliphatic carbocycles. The van der Waals surface area contributed by atoms with Crippen molar-refractivity contribution in [3.05, 3.63) is 33.8 Å². The number of carbonyl (C=O) groups excluding carboxylic acids is 2. The number of benzene rings is 1. The second-order valence-electron chi connectivity index (χ2n) is 10.2. The van der Waals surface area contributed by atoms with Crippen LogP contribution in [0.25, 0.3) is 0 Å². The molecule has 5 nitrogen and oxygen atoms in total. The van der Waals surface area contributed by atoms with Crippen LogP contribution in [0.1, 0.15) is 53.5 Å². The zero-order valence-corrected chi connectivity index (χ0v) is 19.8. The van der Waals surface area contributed by atoms with Gasteiger partial charge in [0.2, 0.25) is 0 Å². The van der Waals surface area contributed by atoms with Gasteiger partial charge in [-0.1, -0.05) is 29.3 Å². The van der Waals surface area contributed by atoms with Crippen LogP contribution < -0.4 is 0 Å². The van der Waals surface area contributed by atoms with Crippen LogP contribution in [0.4, 0.5) is 0 Å². The zero-order valence-electron chi connectivity index (χ0n) is 18.3. The Hall–Kier alpha value is -1.30. The quantitative estimate of drug-likeness (QED) is 0.551. The number of ether oxygens (including phenoxy) is 3. The van der Waals surface area contributed by atoms with Crippen LogP contribution in [-0.4, -0.2) is 29.2 Å². The first-order valence-corrected chi connectivity index (χ1v) is 11.0. The highest BCUT2D eigenvalue weighted by Gasteiger charge is 2.68. The SMILES string of the molecule is CC(C)(C)OC(=O)C1C(OCc2ccc(Cl)c(Cl)c2)CC2C(C(=O)OC(C)(C)C)C21. The average molecular weight is 457 g/mol. The minimum absolute atomic E-state index is 0.0798. The molecule has 1 aromatic carbocycles. The van der Waals surface area contributed by atoms with E-state index < -0.39 is 17.1 Å². The molecule has 0 radical (unpaired) electrons. The maximum Gasteiger partial charge on any atom is 0.312 e. The molecular weight excluding hydrogens is 427 g/mol. The summed E-state index contributed by atoms with van der Waals surface area (Å²) < 4.78 is 17.3. The topological polar surface area (TPSA) is 61.8 Å². The summed E-state index contributed by atoms with van der Waals surface area (Å²) in [6, 6.07) is 5.32. The van der Waals surface area contributed by atoms with Gasteiger partial charge in [0, 0.05) is 0 Å². The molecule has 166 valence electrons. The smallest absolute Gasteiger partial charge is 0.312 e. The number of rotatable bonds is 5. The molecule has 0 amide bonds. The first-order valence-electron chi connectivity index (χ1n) is 10.3. The molecule has 0 N–H and O–H groups in total. The van der Waals surface area contributed by atoms with Gasteiger partial charge in [-0.2, -0.15) is 0 Å². The first kappa shape index (κ1) is 23.4. The summed E-state index contributed by atoms with van der Waals surface area (Å²) in [5.41, 5.74) is -0.296. The fourth-order valence-electron chi connectivity index (χ4n) is 4.24. The van der Waals surface area contributed by atoms with Crippen LogP contribution in [0, 0.1) is 23.7 Å². The molecule has 7 heteroatoms. The Kier molecular flexibility index (Phi) is 6.48. The Morgan fingerprint density at radius 1 is 0.933 bits per heavy atom. The summed E-state index contributed by atoms with van der Waals surface area (Å²) in [5, 5.41) is 0.940. The van der Waals surface area contributed by atoms with Crippen LogP contribution in [0.5, 0.6) is 0 Å². The van der Waals surface area contributed by atoms with Crippen LogP contribution >= 0.6 is 23.2 Å². The molecule has 0 saturated heterocycles. The van der Waals surface area contributed by atoms with Crippen LogP contribution in [0.2, 0.25) is 10.0 Å². The summed E-state index contributed by atoms with van der Waals surface area (Å²) in [4.78, 5) is 25.6. The number of halogens is 2. The largest absolute Gasteiger partial charge is 0.460 e. The van der Waals surface area contributed by atoms with Gasteiger partial charge in [-0.05, 0) is 77.5 Å². The van der Waals surface area contributed by atoms with Crippen LogP contribution in [0.3, 0.4) is 0 Å². The van der Waals surface area contributed by atoms with Crippen molar-refractivity contribution in [1.29, 1.82) is 0 Å². The van der Waals surface area contributed by atoms with E-state index in [1.54, 1.807) is 12.1 Å². The molecule has 2 fully saturated rings. The van der Waals surface area contributed by atoms with Crippen molar-refractivity contribution in [2.24, 2.45) is 23.7 Å². The molecule has 0 bridgehead atoms. The zero-order chi connectivity index (χ0) is 22.4. The van der Waals surface area contributed by atoms with E-state index in [2.05, 4.69) is 0 Å². The molecule has 30 heavy (non-hydrogen) atoms. The monoisotopic (exact) mass is 456 g/mol.